The Morgan fingerprint density at radius 1 is 0.950 bits per heavy atom. The van der Waals surface area contributed by atoms with E-state index in [4.69, 9.17) is 23.2 Å². The fourth-order valence-corrected chi connectivity index (χ4v) is 6.27. The van der Waals surface area contributed by atoms with Crippen LogP contribution in [0, 0.1) is 6.92 Å². The number of nitrogens with one attached hydrogen (secondary N) is 1. The quantitative estimate of drug-likeness (QED) is 0.298. The molecule has 1 N–H and O–H groups in total. The number of anilines is 1. The van der Waals surface area contributed by atoms with Crippen LogP contribution in [0.3, 0.4) is 0 Å². The van der Waals surface area contributed by atoms with Gasteiger partial charge < -0.3 is 10.2 Å². The van der Waals surface area contributed by atoms with Crippen LogP contribution in [0.1, 0.15) is 45.2 Å². The smallest absolute Gasteiger partial charge is 0.264 e. The van der Waals surface area contributed by atoms with E-state index in [-0.39, 0.29) is 28.1 Å². The van der Waals surface area contributed by atoms with E-state index in [1.807, 2.05) is 58.9 Å². The van der Waals surface area contributed by atoms with Crippen molar-refractivity contribution in [2.75, 3.05) is 10.8 Å². The standard InChI is InChI=1S/C30H35Cl2N3O4S/c1-6-26(29(37)33-30(3,4)5)34(19-22-13-11-10-12-21(22)2)28(36)20-35(27-17-16-23(31)18-25(27)32)40(38,39)24-14-8-7-9-15-24/h7-18,26H,6,19-20H2,1-5H3,(H,33,37)/t26-/m1/s1. The summed E-state index contributed by atoms with van der Waals surface area (Å²) in [5.74, 6) is -0.872. The Labute approximate surface area is 247 Å². The van der Waals surface area contributed by atoms with Crippen LogP contribution >= 0.6 is 23.2 Å². The highest BCUT2D eigenvalue weighted by atomic mass is 35.5. The van der Waals surface area contributed by atoms with Crippen molar-refractivity contribution >= 4 is 50.7 Å². The maximum Gasteiger partial charge on any atom is 0.264 e. The second kappa shape index (κ2) is 13.1. The third-order valence-electron chi connectivity index (χ3n) is 6.27. The van der Waals surface area contributed by atoms with Crippen LogP contribution in [0.4, 0.5) is 5.69 Å². The van der Waals surface area contributed by atoms with E-state index in [2.05, 4.69) is 5.32 Å². The molecule has 3 aromatic carbocycles. The zero-order chi connectivity index (χ0) is 29.7. The molecule has 0 unspecified atom stereocenters. The van der Waals surface area contributed by atoms with Gasteiger partial charge in [0.2, 0.25) is 11.8 Å². The highest BCUT2D eigenvalue weighted by molar-refractivity contribution is 7.92. The maximum absolute atomic E-state index is 14.1. The van der Waals surface area contributed by atoms with E-state index >= 15 is 0 Å². The van der Waals surface area contributed by atoms with Crippen molar-refractivity contribution in [1.29, 1.82) is 0 Å². The molecule has 0 aliphatic rings. The van der Waals surface area contributed by atoms with E-state index in [1.54, 1.807) is 18.2 Å². The molecule has 0 bridgehead atoms. The molecule has 10 heteroatoms. The van der Waals surface area contributed by atoms with Gasteiger partial charge in [0.1, 0.15) is 12.6 Å². The summed E-state index contributed by atoms with van der Waals surface area (Å²) in [5.41, 5.74) is 1.37. The second-order valence-corrected chi connectivity index (χ2v) is 13.2. The highest BCUT2D eigenvalue weighted by Gasteiger charge is 2.35. The Morgan fingerprint density at radius 3 is 2.15 bits per heavy atom. The number of aryl methyl sites for hydroxylation is 1. The maximum atomic E-state index is 14.1. The molecule has 1 atom stereocenters. The molecule has 0 aromatic heterocycles. The molecule has 2 amide bonds. The zero-order valence-corrected chi connectivity index (χ0v) is 25.6. The first-order chi connectivity index (χ1) is 18.7. The van der Waals surface area contributed by atoms with Gasteiger partial charge in [-0.15, -0.1) is 0 Å². The molecule has 0 saturated carbocycles. The van der Waals surface area contributed by atoms with Gasteiger partial charge in [0.25, 0.3) is 10.0 Å². The molecule has 3 rings (SSSR count). The summed E-state index contributed by atoms with van der Waals surface area (Å²) in [6.07, 6.45) is 0.326. The largest absolute Gasteiger partial charge is 0.350 e. The Bertz CT molecular complexity index is 1460. The number of sulfonamides is 1. The summed E-state index contributed by atoms with van der Waals surface area (Å²) >= 11 is 12.6. The number of halogens is 2. The van der Waals surface area contributed by atoms with Crippen LogP contribution in [0.15, 0.2) is 77.7 Å². The lowest BCUT2D eigenvalue weighted by atomic mass is 10.0. The fourth-order valence-electron chi connectivity index (χ4n) is 4.26. The Kier molecular flexibility index (Phi) is 10.3. The highest BCUT2D eigenvalue weighted by Crippen LogP contribution is 2.33. The monoisotopic (exact) mass is 603 g/mol. The van der Waals surface area contributed by atoms with Crippen LogP contribution in [-0.2, 0) is 26.2 Å². The van der Waals surface area contributed by atoms with Crippen LogP contribution in [-0.4, -0.2) is 43.3 Å². The average molecular weight is 605 g/mol. The molecule has 0 fully saturated rings. The predicted molar refractivity (Wildman–Crippen MR) is 161 cm³/mol. The van der Waals surface area contributed by atoms with Gasteiger partial charge in [0.15, 0.2) is 0 Å². The van der Waals surface area contributed by atoms with Gasteiger partial charge in [-0.1, -0.05) is 72.6 Å². The van der Waals surface area contributed by atoms with Crippen LogP contribution in [0.5, 0.6) is 0 Å². The van der Waals surface area contributed by atoms with Gasteiger partial charge >= 0.3 is 0 Å². The number of carbonyl (C=O) groups excluding carboxylic acids is 2. The molecule has 7 nitrogen and oxygen atoms in total. The van der Waals surface area contributed by atoms with E-state index in [1.165, 1.54) is 35.2 Å². The lowest BCUT2D eigenvalue weighted by Gasteiger charge is -2.35. The van der Waals surface area contributed by atoms with Gasteiger partial charge in [-0.05, 0) is 75.6 Å². The fraction of sp³-hybridized carbons (Fsp3) is 0.333. The topological polar surface area (TPSA) is 86.8 Å². The molecule has 0 saturated heterocycles. The first kappa shape index (κ1) is 31.5. The number of carbonyl (C=O) groups is 2. The molecule has 0 radical (unpaired) electrons. The lowest BCUT2D eigenvalue weighted by Crippen LogP contribution is -2.55. The van der Waals surface area contributed by atoms with Gasteiger partial charge in [-0.2, -0.15) is 0 Å². The predicted octanol–water partition coefficient (Wildman–Crippen LogP) is 6.22. The molecule has 3 aromatic rings. The molecule has 0 aliphatic carbocycles. The first-order valence-corrected chi connectivity index (χ1v) is 15.1. The van der Waals surface area contributed by atoms with E-state index in [9.17, 15) is 18.0 Å². The summed E-state index contributed by atoms with van der Waals surface area (Å²) in [5, 5.41) is 3.36. The molecule has 0 heterocycles. The van der Waals surface area contributed by atoms with E-state index in [0.717, 1.165) is 15.4 Å². The third-order valence-corrected chi connectivity index (χ3v) is 8.59. The zero-order valence-electron chi connectivity index (χ0n) is 23.3. The van der Waals surface area contributed by atoms with Crippen molar-refractivity contribution in [3.8, 4) is 0 Å². The minimum absolute atomic E-state index is 0.00297. The van der Waals surface area contributed by atoms with Gasteiger partial charge in [-0.25, -0.2) is 8.42 Å². The normalized spacial score (nSPS) is 12.5. The van der Waals surface area contributed by atoms with Gasteiger partial charge in [0.05, 0.1) is 15.6 Å². The number of amides is 2. The van der Waals surface area contributed by atoms with Gasteiger partial charge in [-0.3, -0.25) is 13.9 Å². The van der Waals surface area contributed by atoms with Crippen LogP contribution in [0.2, 0.25) is 10.0 Å². The summed E-state index contributed by atoms with van der Waals surface area (Å²) in [4.78, 5) is 29.0. The van der Waals surface area contributed by atoms with E-state index in [0.29, 0.717) is 11.4 Å². The number of hydrogen-bond acceptors (Lipinski definition) is 4. The summed E-state index contributed by atoms with van der Waals surface area (Å²) in [6.45, 7) is 8.87. The van der Waals surface area contributed by atoms with Crippen molar-refractivity contribution in [1.82, 2.24) is 10.2 Å². The number of rotatable bonds is 10. The molecule has 40 heavy (non-hydrogen) atoms. The van der Waals surface area contributed by atoms with Crippen molar-refractivity contribution in [2.24, 2.45) is 0 Å². The van der Waals surface area contributed by atoms with Crippen LogP contribution < -0.4 is 9.62 Å². The van der Waals surface area contributed by atoms with Gasteiger partial charge in [0, 0.05) is 17.1 Å². The third kappa shape index (κ3) is 7.77. The van der Waals surface area contributed by atoms with Crippen LogP contribution in [0.25, 0.3) is 0 Å². The summed E-state index contributed by atoms with van der Waals surface area (Å²) in [6, 6.07) is 18.9. The minimum atomic E-state index is -4.22. The first-order valence-electron chi connectivity index (χ1n) is 12.9. The van der Waals surface area contributed by atoms with E-state index < -0.39 is 34.1 Å². The summed E-state index contributed by atoms with van der Waals surface area (Å²) < 4.78 is 28.7. The second-order valence-electron chi connectivity index (χ2n) is 10.5. The van der Waals surface area contributed by atoms with Crippen molar-refractivity contribution in [2.45, 2.75) is 64.1 Å². The molecule has 214 valence electrons. The van der Waals surface area contributed by atoms with Crippen molar-refractivity contribution < 1.29 is 18.0 Å². The van der Waals surface area contributed by atoms with Crippen molar-refractivity contribution in [3.63, 3.8) is 0 Å². The number of nitrogens with zero attached hydrogens (tertiary/aromatic N) is 2. The lowest BCUT2D eigenvalue weighted by molar-refractivity contribution is -0.141. The number of benzene rings is 3. The average Bonchev–Trinajstić information content (AvgIpc) is 2.88. The SMILES string of the molecule is CC[C@H](C(=O)NC(C)(C)C)N(Cc1ccccc1C)C(=O)CN(c1ccc(Cl)cc1Cl)S(=O)(=O)c1ccccc1. The molecular formula is C30H35Cl2N3O4S. The molecule has 0 aliphatic heterocycles. The Balaban J connectivity index is 2.11. The minimum Gasteiger partial charge on any atom is -0.350 e. The molecular weight excluding hydrogens is 569 g/mol. The molecule has 0 spiro atoms. The number of hydrogen-bond donors (Lipinski definition) is 1. The summed E-state index contributed by atoms with van der Waals surface area (Å²) in [7, 11) is -4.22. The Hall–Kier alpha value is -3.07. The Morgan fingerprint density at radius 2 is 1.57 bits per heavy atom. The van der Waals surface area contributed by atoms with Crippen molar-refractivity contribution in [3.05, 3.63) is 94.0 Å².